The molecule has 16 heavy (non-hydrogen) atoms. The van der Waals surface area contributed by atoms with E-state index in [1.165, 1.54) is 0 Å². The normalized spacial score (nSPS) is 20.1. The van der Waals surface area contributed by atoms with Gasteiger partial charge in [-0.1, -0.05) is 13.0 Å². The van der Waals surface area contributed by atoms with Gasteiger partial charge in [0.15, 0.2) is 0 Å². The highest BCUT2D eigenvalue weighted by molar-refractivity contribution is 8.00. The number of ether oxygens (including phenoxy) is 1. The van der Waals surface area contributed by atoms with Crippen molar-refractivity contribution < 1.29 is 4.74 Å². The highest BCUT2D eigenvalue weighted by Crippen LogP contribution is 2.36. The molecule has 1 fully saturated rings. The Labute approximate surface area is 101 Å². The van der Waals surface area contributed by atoms with E-state index in [0.29, 0.717) is 10.5 Å². The summed E-state index contributed by atoms with van der Waals surface area (Å²) in [6, 6.07) is 6.19. The first-order valence-corrected chi connectivity index (χ1v) is 6.65. The molecule has 0 amide bonds. The van der Waals surface area contributed by atoms with Gasteiger partial charge in [-0.25, -0.2) is 0 Å². The van der Waals surface area contributed by atoms with Gasteiger partial charge in [-0.15, -0.1) is 11.8 Å². The molecule has 2 N–H and O–H groups in total. The molecule has 1 aromatic rings. The third-order valence-electron chi connectivity index (χ3n) is 2.79. The molecular formula is C12H18N2OS. The number of hydrogen-bond donors (Lipinski definition) is 1. The molecular weight excluding hydrogens is 220 g/mol. The molecule has 0 saturated carbocycles. The molecule has 0 aliphatic carbocycles. The fraction of sp³-hybridized carbons (Fsp3) is 0.583. The average Bonchev–Trinajstić information content (AvgIpc) is 2.28. The molecule has 4 heteroatoms. The van der Waals surface area contributed by atoms with Gasteiger partial charge in [-0.3, -0.25) is 4.98 Å². The summed E-state index contributed by atoms with van der Waals surface area (Å²) in [7, 11) is 0. The van der Waals surface area contributed by atoms with Crippen molar-refractivity contribution in [2.24, 2.45) is 5.73 Å². The van der Waals surface area contributed by atoms with Gasteiger partial charge in [0.1, 0.15) is 0 Å². The Bertz CT molecular complexity index is 316. The van der Waals surface area contributed by atoms with E-state index in [1.807, 2.05) is 30.1 Å². The molecule has 0 radical (unpaired) electrons. The largest absolute Gasteiger partial charge is 0.379 e. The monoisotopic (exact) mass is 238 g/mol. The average molecular weight is 238 g/mol. The highest BCUT2D eigenvalue weighted by atomic mass is 32.2. The van der Waals surface area contributed by atoms with Gasteiger partial charge < -0.3 is 10.5 Å². The van der Waals surface area contributed by atoms with E-state index < -0.39 is 0 Å². The zero-order valence-electron chi connectivity index (χ0n) is 9.50. The summed E-state index contributed by atoms with van der Waals surface area (Å²) < 4.78 is 5.20. The summed E-state index contributed by atoms with van der Waals surface area (Å²) in [6.45, 7) is 3.83. The zero-order chi connectivity index (χ0) is 11.4. The summed E-state index contributed by atoms with van der Waals surface area (Å²) >= 11 is 1.90. The van der Waals surface area contributed by atoms with Gasteiger partial charge >= 0.3 is 0 Å². The summed E-state index contributed by atoms with van der Waals surface area (Å²) in [4.78, 5) is 4.42. The van der Waals surface area contributed by atoms with Gasteiger partial charge in [0.2, 0.25) is 0 Å². The van der Waals surface area contributed by atoms with Crippen molar-refractivity contribution in [3.8, 4) is 0 Å². The first-order valence-electron chi connectivity index (χ1n) is 5.71. The number of rotatable bonds is 5. The maximum atomic E-state index is 6.17. The predicted molar refractivity (Wildman–Crippen MR) is 67.4 cm³/mol. The van der Waals surface area contributed by atoms with Crippen molar-refractivity contribution in [3.05, 3.63) is 30.1 Å². The van der Waals surface area contributed by atoms with Crippen LogP contribution in [0.2, 0.25) is 0 Å². The number of hydrogen-bond acceptors (Lipinski definition) is 4. The molecule has 1 aromatic heterocycles. The van der Waals surface area contributed by atoms with Crippen molar-refractivity contribution >= 4 is 11.8 Å². The summed E-state index contributed by atoms with van der Waals surface area (Å²) in [5, 5.41) is 0.879. The van der Waals surface area contributed by atoms with Crippen molar-refractivity contribution in [2.45, 2.75) is 29.9 Å². The number of nitrogens with zero attached hydrogens (tertiary/aromatic N) is 1. The lowest BCUT2D eigenvalue weighted by molar-refractivity contribution is 0.0452. The van der Waals surface area contributed by atoms with E-state index in [1.54, 1.807) is 0 Å². The number of pyridine rings is 1. The fourth-order valence-electron chi connectivity index (χ4n) is 1.65. The highest BCUT2D eigenvalue weighted by Gasteiger charge is 2.28. The second kappa shape index (κ2) is 5.66. The Hall–Kier alpha value is -0.580. The van der Waals surface area contributed by atoms with E-state index in [2.05, 4.69) is 18.0 Å². The van der Waals surface area contributed by atoms with Crippen LogP contribution in [0.25, 0.3) is 0 Å². The van der Waals surface area contributed by atoms with Crippen LogP contribution < -0.4 is 5.73 Å². The van der Waals surface area contributed by atoms with Gasteiger partial charge in [-0.2, -0.15) is 0 Å². The first kappa shape index (κ1) is 11.9. The molecule has 2 unspecified atom stereocenters. The SMILES string of the molecule is CCC(N)C(SC1COC1)c1ccccn1. The van der Waals surface area contributed by atoms with Gasteiger partial charge in [0, 0.05) is 12.2 Å². The Morgan fingerprint density at radius 2 is 2.38 bits per heavy atom. The van der Waals surface area contributed by atoms with Crippen LogP contribution in [-0.2, 0) is 4.74 Å². The van der Waals surface area contributed by atoms with Gasteiger partial charge in [-0.05, 0) is 18.6 Å². The molecule has 2 heterocycles. The lowest BCUT2D eigenvalue weighted by Gasteiger charge is -2.31. The fourth-order valence-corrected chi connectivity index (χ4v) is 3.09. The van der Waals surface area contributed by atoms with Crippen molar-refractivity contribution in [1.29, 1.82) is 0 Å². The van der Waals surface area contributed by atoms with Crippen molar-refractivity contribution in [1.82, 2.24) is 4.98 Å². The summed E-state index contributed by atoms with van der Waals surface area (Å²) in [5.74, 6) is 0. The summed E-state index contributed by atoms with van der Waals surface area (Å²) in [5.41, 5.74) is 7.27. The van der Waals surface area contributed by atoms with E-state index in [9.17, 15) is 0 Å². The van der Waals surface area contributed by atoms with Crippen molar-refractivity contribution in [2.75, 3.05) is 13.2 Å². The lowest BCUT2D eigenvalue weighted by Crippen LogP contribution is -2.35. The van der Waals surface area contributed by atoms with Gasteiger partial charge in [0.05, 0.1) is 29.4 Å². The Balaban J connectivity index is 2.07. The minimum Gasteiger partial charge on any atom is -0.379 e. The molecule has 1 saturated heterocycles. The third-order valence-corrected chi connectivity index (χ3v) is 4.33. The van der Waals surface area contributed by atoms with E-state index in [4.69, 9.17) is 10.5 Å². The lowest BCUT2D eigenvalue weighted by atomic mass is 10.1. The molecule has 0 aromatic carbocycles. The number of aromatic nitrogens is 1. The quantitative estimate of drug-likeness (QED) is 0.852. The van der Waals surface area contributed by atoms with Crippen LogP contribution in [0.1, 0.15) is 24.3 Å². The smallest absolute Gasteiger partial charge is 0.0625 e. The molecule has 0 spiro atoms. The number of thioether (sulfide) groups is 1. The summed E-state index contributed by atoms with van der Waals surface area (Å²) in [6.07, 6.45) is 2.81. The predicted octanol–water partition coefficient (Wildman–Crippen LogP) is 1.99. The topological polar surface area (TPSA) is 48.1 Å². The van der Waals surface area contributed by atoms with Crippen LogP contribution in [0, 0.1) is 0 Å². The molecule has 1 aliphatic rings. The van der Waals surface area contributed by atoms with Crippen LogP contribution in [-0.4, -0.2) is 29.5 Å². The minimum absolute atomic E-state index is 0.167. The maximum Gasteiger partial charge on any atom is 0.0625 e. The van der Waals surface area contributed by atoms with Crippen LogP contribution >= 0.6 is 11.8 Å². The minimum atomic E-state index is 0.167. The van der Waals surface area contributed by atoms with Crippen LogP contribution in [0.4, 0.5) is 0 Å². The Kier molecular flexibility index (Phi) is 4.21. The Morgan fingerprint density at radius 1 is 1.56 bits per heavy atom. The number of nitrogens with two attached hydrogens (primary N) is 1. The molecule has 0 bridgehead atoms. The molecule has 2 atom stereocenters. The van der Waals surface area contributed by atoms with Crippen LogP contribution in [0.3, 0.4) is 0 Å². The molecule has 1 aliphatic heterocycles. The molecule has 88 valence electrons. The second-order valence-electron chi connectivity index (χ2n) is 4.04. The molecule has 3 nitrogen and oxygen atoms in total. The van der Waals surface area contributed by atoms with Crippen LogP contribution in [0.15, 0.2) is 24.4 Å². The first-order chi connectivity index (χ1) is 7.81. The third kappa shape index (κ3) is 2.75. The Morgan fingerprint density at radius 3 is 2.88 bits per heavy atom. The standard InChI is InChI=1S/C12H18N2OS/c1-2-10(13)12(16-9-7-15-8-9)11-5-3-4-6-14-11/h3-6,9-10,12H,2,7-8,13H2,1H3. The van der Waals surface area contributed by atoms with E-state index in [0.717, 1.165) is 25.3 Å². The molecule has 2 rings (SSSR count). The second-order valence-corrected chi connectivity index (χ2v) is 5.49. The van der Waals surface area contributed by atoms with E-state index in [-0.39, 0.29) is 6.04 Å². The van der Waals surface area contributed by atoms with Crippen molar-refractivity contribution in [3.63, 3.8) is 0 Å². The van der Waals surface area contributed by atoms with Crippen LogP contribution in [0.5, 0.6) is 0 Å². The zero-order valence-corrected chi connectivity index (χ0v) is 10.3. The van der Waals surface area contributed by atoms with Gasteiger partial charge in [0.25, 0.3) is 0 Å². The maximum absolute atomic E-state index is 6.17. The van der Waals surface area contributed by atoms with E-state index >= 15 is 0 Å².